The van der Waals surface area contributed by atoms with Crippen LogP contribution in [-0.2, 0) is 6.42 Å². The van der Waals surface area contributed by atoms with Gasteiger partial charge in [-0.3, -0.25) is 9.89 Å². The Morgan fingerprint density at radius 1 is 1.24 bits per heavy atom. The van der Waals surface area contributed by atoms with Gasteiger partial charge in [-0.1, -0.05) is 31.2 Å². The SMILES string of the molecule is CN=C(NCC1C2Cc3ccccc3C12)NC1CN(C2CC2)CC1C. The second kappa shape index (κ2) is 6.01. The number of aliphatic imine (C=N–C) groups is 1. The van der Waals surface area contributed by atoms with Crippen LogP contribution in [0.3, 0.4) is 0 Å². The average molecular weight is 338 g/mol. The van der Waals surface area contributed by atoms with Crippen LogP contribution in [0.15, 0.2) is 29.3 Å². The zero-order valence-electron chi connectivity index (χ0n) is 15.4. The quantitative estimate of drug-likeness (QED) is 0.653. The highest BCUT2D eigenvalue weighted by Gasteiger charge is 2.55. The normalized spacial score (nSPS) is 36.9. The minimum absolute atomic E-state index is 0.534. The van der Waals surface area contributed by atoms with Gasteiger partial charge in [0.15, 0.2) is 5.96 Å². The summed E-state index contributed by atoms with van der Waals surface area (Å²) in [7, 11) is 1.90. The van der Waals surface area contributed by atoms with Crippen molar-refractivity contribution in [2.24, 2.45) is 22.7 Å². The molecule has 134 valence electrons. The lowest BCUT2D eigenvalue weighted by atomic mass is 10.0. The molecule has 1 saturated heterocycles. The van der Waals surface area contributed by atoms with Gasteiger partial charge in [-0.2, -0.15) is 0 Å². The average Bonchev–Trinajstić information content (AvgIpc) is 3.51. The molecule has 0 aromatic heterocycles. The first-order valence-corrected chi connectivity index (χ1v) is 10.0. The summed E-state index contributed by atoms with van der Waals surface area (Å²) in [6, 6.07) is 10.4. The van der Waals surface area contributed by atoms with Crippen molar-refractivity contribution in [3.8, 4) is 0 Å². The molecule has 5 atom stereocenters. The Labute approximate surface area is 151 Å². The van der Waals surface area contributed by atoms with Gasteiger partial charge in [0.25, 0.3) is 0 Å². The fourth-order valence-electron chi connectivity index (χ4n) is 5.28. The zero-order chi connectivity index (χ0) is 17.0. The Hall–Kier alpha value is -1.55. The number of likely N-dealkylation sites (tertiary alicyclic amines) is 1. The van der Waals surface area contributed by atoms with Crippen molar-refractivity contribution in [2.75, 3.05) is 26.7 Å². The molecule has 4 aliphatic rings. The van der Waals surface area contributed by atoms with E-state index in [4.69, 9.17) is 0 Å². The molecule has 3 fully saturated rings. The summed E-state index contributed by atoms with van der Waals surface area (Å²) in [5.41, 5.74) is 3.18. The fraction of sp³-hybridized carbons (Fsp3) is 0.667. The lowest BCUT2D eigenvalue weighted by Gasteiger charge is -2.21. The summed E-state index contributed by atoms with van der Waals surface area (Å²) in [5.74, 6) is 4.13. The second-order valence-corrected chi connectivity index (χ2v) is 8.62. The first kappa shape index (κ1) is 15.7. The van der Waals surface area contributed by atoms with E-state index in [1.54, 1.807) is 11.1 Å². The maximum absolute atomic E-state index is 4.49. The summed E-state index contributed by atoms with van der Waals surface area (Å²) in [6.07, 6.45) is 4.08. The number of hydrogen-bond donors (Lipinski definition) is 2. The highest BCUT2D eigenvalue weighted by atomic mass is 15.3. The molecule has 5 unspecified atom stereocenters. The Balaban J connectivity index is 1.14. The fourth-order valence-corrected chi connectivity index (χ4v) is 5.28. The maximum atomic E-state index is 4.49. The van der Waals surface area contributed by atoms with E-state index >= 15 is 0 Å². The molecule has 0 radical (unpaired) electrons. The van der Waals surface area contributed by atoms with Crippen LogP contribution in [-0.4, -0.2) is 49.6 Å². The van der Waals surface area contributed by atoms with E-state index < -0.39 is 0 Å². The Morgan fingerprint density at radius 3 is 2.88 bits per heavy atom. The van der Waals surface area contributed by atoms with Crippen molar-refractivity contribution in [1.82, 2.24) is 15.5 Å². The van der Waals surface area contributed by atoms with Crippen LogP contribution in [0.25, 0.3) is 0 Å². The third kappa shape index (κ3) is 2.84. The molecular weight excluding hydrogens is 308 g/mol. The molecule has 4 nitrogen and oxygen atoms in total. The topological polar surface area (TPSA) is 39.7 Å². The number of hydrogen-bond acceptors (Lipinski definition) is 2. The number of rotatable bonds is 4. The monoisotopic (exact) mass is 338 g/mol. The van der Waals surface area contributed by atoms with E-state index in [1.807, 2.05) is 7.05 Å². The second-order valence-electron chi connectivity index (χ2n) is 8.62. The van der Waals surface area contributed by atoms with Crippen molar-refractivity contribution in [3.63, 3.8) is 0 Å². The van der Waals surface area contributed by atoms with Crippen molar-refractivity contribution < 1.29 is 0 Å². The minimum atomic E-state index is 0.534. The van der Waals surface area contributed by atoms with Crippen LogP contribution in [0.1, 0.15) is 36.8 Å². The van der Waals surface area contributed by atoms with Gasteiger partial charge >= 0.3 is 0 Å². The highest BCUT2D eigenvalue weighted by Crippen LogP contribution is 2.60. The molecule has 3 aliphatic carbocycles. The van der Waals surface area contributed by atoms with Crippen LogP contribution in [0.2, 0.25) is 0 Å². The molecule has 5 rings (SSSR count). The predicted octanol–water partition coefficient (Wildman–Crippen LogP) is 2.22. The van der Waals surface area contributed by atoms with E-state index in [2.05, 4.69) is 51.7 Å². The van der Waals surface area contributed by atoms with Gasteiger partial charge in [-0.25, -0.2) is 0 Å². The summed E-state index contributed by atoms with van der Waals surface area (Å²) >= 11 is 0. The van der Waals surface area contributed by atoms with Gasteiger partial charge in [0.2, 0.25) is 0 Å². The van der Waals surface area contributed by atoms with E-state index in [-0.39, 0.29) is 0 Å². The van der Waals surface area contributed by atoms with Gasteiger partial charge in [0.1, 0.15) is 0 Å². The van der Waals surface area contributed by atoms with Crippen molar-refractivity contribution in [3.05, 3.63) is 35.4 Å². The molecular formula is C21H30N4. The van der Waals surface area contributed by atoms with Gasteiger partial charge in [0.05, 0.1) is 0 Å². The van der Waals surface area contributed by atoms with Crippen LogP contribution < -0.4 is 10.6 Å². The zero-order valence-corrected chi connectivity index (χ0v) is 15.4. The van der Waals surface area contributed by atoms with Crippen molar-refractivity contribution >= 4 is 5.96 Å². The molecule has 1 aliphatic heterocycles. The van der Waals surface area contributed by atoms with Crippen LogP contribution >= 0.6 is 0 Å². The number of benzene rings is 1. The van der Waals surface area contributed by atoms with Gasteiger partial charge < -0.3 is 10.6 Å². The molecule has 0 spiro atoms. The van der Waals surface area contributed by atoms with Gasteiger partial charge in [-0.15, -0.1) is 0 Å². The molecule has 2 N–H and O–H groups in total. The molecule has 0 amide bonds. The molecule has 2 saturated carbocycles. The number of guanidine groups is 1. The highest BCUT2D eigenvalue weighted by molar-refractivity contribution is 5.80. The molecule has 1 aromatic carbocycles. The van der Waals surface area contributed by atoms with Gasteiger partial charge in [-0.05, 0) is 54.1 Å². The Kier molecular flexibility index (Phi) is 3.77. The lowest BCUT2D eigenvalue weighted by molar-refractivity contribution is 0.315. The van der Waals surface area contributed by atoms with E-state index in [9.17, 15) is 0 Å². The summed E-state index contributed by atoms with van der Waals surface area (Å²) in [5, 5.41) is 7.31. The molecule has 1 aromatic rings. The van der Waals surface area contributed by atoms with Crippen LogP contribution in [0.4, 0.5) is 0 Å². The molecule has 1 heterocycles. The van der Waals surface area contributed by atoms with Gasteiger partial charge in [0, 0.05) is 38.8 Å². The third-order valence-electron chi connectivity index (χ3n) is 6.96. The van der Waals surface area contributed by atoms with Crippen LogP contribution in [0.5, 0.6) is 0 Å². The molecule has 25 heavy (non-hydrogen) atoms. The van der Waals surface area contributed by atoms with E-state index in [1.165, 1.54) is 32.4 Å². The number of fused-ring (bicyclic) bond motifs is 3. The number of nitrogens with one attached hydrogen (secondary N) is 2. The standard InChI is InChI=1S/C21H30N4/c1-13-11-25(15-7-8-15)12-19(13)24-21(22-2)23-10-18-17-9-14-5-3-4-6-16(14)20(17)18/h3-6,13,15,17-20H,7-12H2,1-2H3,(H2,22,23,24). The molecule has 0 bridgehead atoms. The summed E-state index contributed by atoms with van der Waals surface area (Å²) < 4.78 is 0. The van der Waals surface area contributed by atoms with Crippen molar-refractivity contribution in [1.29, 1.82) is 0 Å². The molecule has 4 heteroatoms. The summed E-state index contributed by atoms with van der Waals surface area (Å²) in [4.78, 5) is 7.15. The van der Waals surface area contributed by atoms with Crippen LogP contribution in [0, 0.1) is 17.8 Å². The van der Waals surface area contributed by atoms with E-state index in [0.29, 0.717) is 12.0 Å². The largest absolute Gasteiger partial charge is 0.356 e. The van der Waals surface area contributed by atoms with Crippen molar-refractivity contribution in [2.45, 2.75) is 44.2 Å². The first-order valence-electron chi connectivity index (χ1n) is 10.0. The Morgan fingerprint density at radius 2 is 2.08 bits per heavy atom. The predicted molar refractivity (Wildman–Crippen MR) is 102 cm³/mol. The number of nitrogens with zero attached hydrogens (tertiary/aromatic N) is 2. The first-order chi connectivity index (χ1) is 12.2. The Bertz CT molecular complexity index is 680. The smallest absolute Gasteiger partial charge is 0.191 e. The minimum Gasteiger partial charge on any atom is -0.356 e. The lowest BCUT2D eigenvalue weighted by Crippen LogP contribution is -2.47. The third-order valence-corrected chi connectivity index (χ3v) is 6.96. The maximum Gasteiger partial charge on any atom is 0.191 e. The van der Waals surface area contributed by atoms with E-state index in [0.717, 1.165) is 36.3 Å². The summed E-state index contributed by atoms with van der Waals surface area (Å²) in [6.45, 7) is 5.84.